The molecule has 0 N–H and O–H groups in total. The predicted molar refractivity (Wildman–Crippen MR) is 129 cm³/mol. The van der Waals surface area contributed by atoms with Crippen molar-refractivity contribution in [1.29, 1.82) is 0 Å². The zero-order chi connectivity index (χ0) is 19.8. The summed E-state index contributed by atoms with van der Waals surface area (Å²) >= 11 is 0. The van der Waals surface area contributed by atoms with Crippen molar-refractivity contribution in [1.82, 2.24) is 0 Å². The SMILES string of the molecule is CC(C)(C)C1C=C2C=CC=C2[S+]1[Si](C)(C)[S+]1C2=CC=CC2=CC1C(C)(C)C.[Cl-].[Cl-].[Zr+2]. The molecule has 2 aliphatic heterocycles. The van der Waals surface area contributed by atoms with Crippen LogP contribution in [-0.4, -0.2) is 16.9 Å². The Morgan fingerprint density at radius 2 is 1.03 bits per heavy atom. The van der Waals surface area contributed by atoms with Crippen LogP contribution in [0, 0.1) is 10.8 Å². The van der Waals surface area contributed by atoms with Crippen molar-refractivity contribution in [3.63, 3.8) is 0 Å². The molecule has 0 bridgehead atoms. The van der Waals surface area contributed by atoms with Crippen LogP contribution in [0.25, 0.3) is 0 Å². The number of hydrogen-bond donors (Lipinski definition) is 0. The zero-order valence-corrected chi connectivity index (χ0v) is 25.9. The zero-order valence-electron chi connectivity index (χ0n) is 19.3. The van der Waals surface area contributed by atoms with Gasteiger partial charge in [-0.3, -0.25) is 0 Å². The fraction of sp³-hybridized carbons (Fsp3) is 0.500. The Balaban J connectivity index is 0.00000150. The van der Waals surface area contributed by atoms with Crippen LogP contribution in [0.1, 0.15) is 41.5 Å². The molecule has 2 aliphatic carbocycles. The van der Waals surface area contributed by atoms with E-state index in [0.29, 0.717) is 42.0 Å². The Kier molecular flexibility index (Phi) is 9.22. The first-order chi connectivity index (χ1) is 12.4. The first-order valence-electron chi connectivity index (χ1n) is 10.1. The summed E-state index contributed by atoms with van der Waals surface area (Å²) in [6, 6.07) is 0. The van der Waals surface area contributed by atoms with Crippen LogP contribution in [0.15, 0.2) is 69.6 Å². The predicted octanol–water partition coefficient (Wildman–Crippen LogP) is 0.547. The molecule has 0 aromatic heterocycles. The number of fused-ring (bicyclic) bond motifs is 2. The van der Waals surface area contributed by atoms with Crippen LogP contribution in [0.2, 0.25) is 13.1 Å². The average molecular weight is 577 g/mol. The Bertz CT molecular complexity index is 797. The van der Waals surface area contributed by atoms with Gasteiger partial charge in [-0.1, -0.05) is 53.7 Å². The molecule has 6 heteroatoms. The van der Waals surface area contributed by atoms with Crippen molar-refractivity contribution < 1.29 is 51.0 Å². The third-order valence-corrected chi connectivity index (χ3v) is 25.0. The molecule has 0 aromatic carbocycles. The van der Waals surface area contributed by atoms with Gasteiger partial charge in [-0.2, -0.15) is 0 Å². The normalized spacial score (nSPS) is 29.1. The summed E-state index contributed by atoms with van der Waals surface area (Å²) in [5.74, 6) is 0. The molecule has 0 amide bonds. The van der Waals surface area contributed by atoms with E-state index in [9.17, 15) is 0 Å². The second kappa shape index (κ2) is 9.59. The van der Waals surface area contributed by atoms with Gasteiger partial charge in [0.15, 0.2) is 0 Å². The molecule has 0 saturated carbocycles. The summed E-state index contributed by atoms with van der Waals surface area (Å²) in [5, 5.41) is 1.36. The molecule has 162 valence electrons. The molecule has 4 rings (SSSR count). The minimum absolute atomic E-state index is 0. The topological polar surface area (TPSA) is 0 Å². The molecule has 30 heavy (non-hydrogen) atoms. The fourth-order valence-electron chi connectivity index (χ4n) is 4.69. The van der Waals surface area contributed by atoms with E-state index in [2.05, 4.69) is 103 Å². The van der Waals surface area contributed by atoms with E-state index in [1.807, 2.05) is 0 Å². The molecule has 4 atom stereocenters. The second-order valence-electron chi connectivity index (χ2n) is 10.7. The first kappa shape index (κ1) is 28.9. The number of halogens is 2. The molecule has 0 saturated heterocycles. The monoisotopic (exact) mass is 574 g/mol. The largest absolute Gasteiger partial charge is 2.00 e. The van der Waals surface area contributed by atoms with Crippen LogP contribution in [0.4, 0.5) is 0 Å². The third kappa shape index (κ3) is 4.71. The first-order valence-corrected chi connectivity index (χ1v) is 17.1. The standard InChI is InChI=1S/C24H34S2Si.2ClH.Zr/c1-23(2,3)21-15-17-11-9-13-19(17)25(21)27(7,8)26-20-14-10-12-18(20)16-22(26)24(4,5)6;;;/h9-16,21-22H,1-8H3;2*1H;/q+2;;;+2/p-2. The van der Waals surface area contributed by atoms with Gasteiger partial charge < -0.3 is 24.8 Å². The Hall–Kier alpha value is 0.820. The van der Waals surface area contributed by atoms with Gasteiger partial charge in [-0.15, -0.1) is 0 Å². The summed E-state index contributed by atoms with van der Waals surface area (Å²) in [4.78, 5) is 3.35. The van der Waals surface area contributed by atoms with Crippen molar-refractivity contribution in [2.45, 2.75) is 65.1 Å². The summed E-state index contributed by atoms with van der Waals surface area (Å²) in [6.07, 6.45) is 17.8. The molecule has 0 aromatic rings. The molecule has 0 nitrogen and oxygen atoms in total. The summed E-state index contributed by atoms with van der Waals surface area (Å²) in [6.45, 7) is 20.1. The van der Waals surface area contributed by atoms with E-state index >= 15 is 0 Å². The van der Waals surface area contributed by atoms with Gasteiger partial charge in [0.2, 0.25) is 0 Å². The van der Waals surface area contributed by atoms with E-state index < -0.39 is 6.37 Å². The van der Waals surface area contributed by atoms with Gasteiger partial charge in [-0.25, -0.2) is 0 Å². The summed E-state index contributed by atoms with van der Waals surface area (Å²) in [5.41, 5.74) is 3.69. The van der Waals surface area contributed by atoms with Crippen molar-refractivity contribution in [3.8, 4) is 0 Å². The van der Waals surface area contributed by atoms with Gasteiger partial charge in [0.05, 0.1) is 0 Å². The summed E-state index contributed by atoms with van der Waals surface area (Å²) in [7, 11) is 0.700. The van der Waals surface area contributed by atoms with Crippen LogP contribution < -0.4 is 24.8 Å². The molecule has 4 unspecified atom stereocenters. The third-order valence-electron chi connectivity index (χ3n) is 6.03. The van der Waals surface area contributed by atoms with E-state index in [0.717, 1.165) is 0 Å². The van der Waals surface area contributed by atoms with Crippen LogP contribution in [-0.2, 0) is 46.9 Å². The number of allylic oxidation sites excluding steroid dienone is 8. The van der Waals surface area contributed by atoms with Gasteiger partial charge >= 0.3 is 32.6 Å². The van der Waals surface area contributed by atoms with E-state index in [-0.39, 0.29) is 51.0 Å². The maximum absolute atomic E-state index is 2.71. The van der Waals surface area contributed by atoms with Crippen LogP contribution >= 0.6 is 0 Å². The fourth-order valence-corrected chi connectivity index (χ4v) is 27.2. The van der Waals surface area contributed by atoms with Gasteiger partial charge in [0.1, 0.15) is 20.3 Å². The molecule has 0 radical (unpaired) electrons. The van der Waals surface area contributed by atoms with Gasteiger partial charge in [0.25, 0.3) is 0 Å². The molecule has 0 spiro atoms. The van der Waals surface area contributed by atoms with Crippen molar-refractivity contribution >= 4 is 27.1 Å². The molecular formula is C24H34Cl2S2SiZr+2. The smallest absolute Gasteiger partial charge is 1.00 e. The van der Waals surface area contributed by atoms with Crippen molar-refractivity contribution in [2.75, 3.05) is 0 Å². The van der Waals surface area contributed by atoms with Crippen LogP contribution in [0.5, 0.6) is 0 Å². The minimum atomic E-state index is -1.62. The minimum Gasteiger partial charge on any atom is -1.00 e. The summed E-state index contributed by atoms with van der Waals surface area (Å²) < 4.78 is 0. The molecule has 4 aliphatic rings. The van der Waals surface area contributed by atoms with E-state index in [4.69, 9.17) is 0 Å². The van der Waals surface area contributed by atoms with Crippen LogP contribution in [0.3, 0.4) is 0 Å². The van der Waals surface area contributed by atoms with E-state index in [1.165, 1.54) is 11.1 Å². The van der Waals surface area contributed by atoms with Crippen molar-refractivity contribution in [2.24, 2.45) is 10.8 Å². The quantitative estimate of drug-likeness (QED) is 0.333. The van der Waals surface area contributed by atoms with Crippen molar-refractivity contribution in [3.05, 3.63) is 69.6 Å². The number of rotatable bonds is 2. The Labute approximate surface area is 221 Å². The maximum atomic E-state index is 2.71. The second-order valence-corrected chi connectivity index (χ2v) is 26.3. The van der Waals surface area contributed by atoms with Gasteiger partial charge in [-0.05, 0) is 36.5 Å². The molecular weight excluding hydrogens is 543 g/mol. The molecule has 2 heterocycles. The maximum Gasteiger partial charge on any atom is 2.00 e. The van der Waals surface area contributed by atoms with Gasteiger partial charge in [0, 0.05) is 55.8 Å². The number of hydrogen-bond acceptors (Lipinski definition) is 0. The Morgan fingerprint density at radius 3 is 1.33 bits per heavy atom. The Morgan fingerprint density at radius 1 is 0.700 bits per heavy atom. The average Bonchev–Trinajstić information content (AvgIpc) is 3.23. The molecule has 0 fully saturated rings. The van der Waals surface area contributed by atoms with E-state index in [1.54, 1.807) is 9.81 Å².